The molecule has 0 amide bonds. The molecule has 120 valence electrons. The summed E-state index contributed by atoms with van der Waals surface area (Å²) in [5.74, 6) is 0.406. The van der Waals surface area contributed by atoms with Crippen molar-refractivity contribution in [2.24, 2.45) is 11.7 Å². The highest BCUT2D eigenvalue weighted by atomic mass is 35.5. The van der Waals surface area contributed by atoms with Crippen LogP contribution in [0.25, 0.3) is 0 Å². The van der Waals surface area contributed by atoms with Crippen molar-refractivity contribution in [3.8, 4) is 0 Å². The van der Waals surface area contributed by atoms with Crippen molar-refractivity contribution >= 4 is 34.0 Å². The smallest absolute Gasteiger partial charge is 0.243 e. The molecule has 1 saturated heterocycles. The second-order valence-corrected chi connectivity index (χ2v) is 7.86. The first-order chi connectivity index (χ1) is 9.32. The standard InChI is InChI=1S/C14H21ClN2O2S.ClH/c1-10-3-4-13(9-14(10)15)20(18,19)17-7-5-12(6-8-17)11(2)16;/h3-4,9,11-12H,5-8,16H2,1-2H3;1H. The second-order valence-electron chi connectivity index (χ2n) is 5.51. The molecular weight excluding hydrogens is 331 g/mol. The fourth-order valence-corrected chi connectivity index (χ4v) is 4.27. The molecule has 1 unspecified atom stereocenters. The molecule has 1 heterocycles. The van der Waals surface area contributed by atoms with Crippen LogP contribution < -0.4 is 5.73 Å². The van der Waals surface area contributed by atoms with Crippen LogP contribution >= 0.6 is 24.0 Å². The molecule has 1 aromatic carbocycles. The minimum absolute atomic E-state index is 0. The number of hydrogen-bond acceptors (Lipinski definition) is 3. The third kappa shape index (κ3) is 4.11. The van der Waals surface area contributed by atoms with Gasteiger partial charge in [0.25, 0.3) is 0 Å². The first-order valence-corrected chi connectivity index (χ1v) is 8.66. The van der Waals surface area contributed by atoms with Gasteiger partial charge in [-0.2, -0.15) is 4.31 Å². The van der Waals surface area contributed by atoms with Crippen LogP contribution in [0.1, 0.15) is 25.3 Å². The highest BCUT2D eigenvalue weighted by molar-refractivity contribution is 7.89. The molecule has 2 rings (SSSR count). The van der Waals surface area contributed by atoms with Crippen molar-refractivity contribution in [2.45, 2.75) is 37.6 Å². The summed E-state index contributed by atoms with van der Waals surface area (Å²) in [5, 5.41) is 0.483. The van der Waals surface area contributed by atoms with Gasteiger partial charge in [-0.15, -0.1) is 12.4 Å². The number of sulfonamides is 1. The van der Waals surface area contributed by atoms with Gasteiger partial charge in [-0.3, -0.25) is 0 Å². The minimum Gasteiger partial charge on any atom is -0.328 e. The van der Waals surface area contributed by atoms with Crippen molar-refractivity contribution in [3.63, 3.8) is 0 Å². The van der Waals surface area contributed by atoms with Crippen LogP contribution in [0.5, 0.6) is 0 Å². The van der Waals surface area contributed by atoms with E-state index in [1.54, 1.807) is 12.1 Å². The molecule has 1 fully saturated rings. The quantitative estimate of drug-likeness (QED) is 0.909. The Bertz CT molecular complexity index is 583. The molecule has 0 bridgehead atoms. The maximum Gasteiger partial charge on any atom is 0.243 e. The average molecular weight is 353 g/mol. The normalized spacial score (nSPS) is 19.0. The van der Waals surface area contributed by atoms with E-state index in [1.807, 2.05) is 13.8 Å². The summed E-state index contributed by atoms with van der Waals surface area (Å²) in [5.41, 5.74) is 6.76. The Morgan fingerprint density at radius 2 is 1.90 bits per heavy atom. The molecule has 0 aromatic heterocycles. The summed E-state index contributed by atoms with van der Waals surface area (Å²) >= 11 is 6.02. The first kappa shape index (κ1) is 18.7. The van der Waals surface area contributed by atoms with Crippen molar-refractivity contribution in [1.82, 2.24) is 4.31 Å². The van der Waals surface area contributed by atoms with Crippen LogP contribution in [0, 0.1) is 12.8 Å². The Balaban J connectivity index is 0.00000220. The maximum absolute atomic E-state index is 12.6. The average Bonchev–Trinajstić information content (AvgIpc) is 2.41. The number of halogens is 2. The number of nitrogens with zero attached hydrogens (tertiary/aromatic N) is 1. The predicted octanol–water partition coefficient (Wildman–Crippen LogP) is 2.82. The van der Waals surface area contributed by atoms with E-state index in [-0.39, 0.29) is 23.3 Å². The van der Waals surface area contributed by atoms with Crippen LogP contribution in [0.2, 0.25) is 5.02 Å². The van der Waals surface area contributed by atoms with Gasteiger partial charge in [0.15, 0.2) is 0 Å². The lowest BCUT2D eigenvalue weighted by atomic mass is 9.92. The zero-order valence-electron chi connectivity index (χ0n) is 12.3. The summed E-state index contributed by atoms with van der Waals surface area (Å²) in [6.07, 6.45) is 1.63. The van der Waals surface area contributed by atoms with E-state index in [9.17, 15) is 8.42 Å². The molecule has 4 nitrogen and oxygen atoms in total. The fraction of sp³-hybridized carbons (Fsp3) is 0.571. The van der Waals surface area contributed by atoms with Crippen LogP contribution in [0.4, 0.5) is 0 Å². The maximum atomic E-state index is 12.6. The number of rotatable bonds is 3. The van der Waals surface area contributed by atoms with Crippen LogP contribution in [-0.2, 0) is 10.0 Å². The topological polar surface area (TPSA) is 63.4 Å². The molecule has 0 radical (unpaired) electrons. The Morgan fingerprint density at radius 3 is 2.38 bits per heavy atom. The molecule has 1 aliphatic heterocycles. The Morgan fingerprint density at radius 1 is 1.33 bits per heavy atom. The third-order valence-electron chi connectivity index (χ3n) is 4.02. The van der Waals surface area contributed by atoms with Gasteiger partial charge in [-0.1, -0.05) is 17.7 Å². The molecule has 1 aliphatic rings. The monoisotopic (exact) mass is 352 g/mol. The summed E-state index contributed by atoms with van der Waals surface area (Å²) < 4.78 is 26.7. The zero-order valence-corrected chi connectivity index (χ0v) is 14.6. The summed E-state index contributed by atoms with van der Waals surface area (Å²) in [7, 11) is -3.44. The fourth-order valence-electron chi connectivity index (χ4n) is 2.53. The van der Waals surface area contributed by atoms with Gasteiger partial charge in [-0.05, 0) is 50.3 Å². The van der Waals surface area contributed by atoms with Gasteiger partial charge in [0, 0.05) is 24.2 Å². The van der Waals surface area contributed by atoms with Crippen LogP contribution in [-0.4, -0.2) is 31.9 Å². The zero-order chi connectivity index (χ0) is 14.9. The van der Waals surface area contributed by atoms with Gasteiger partial charge >= 0.3 is 0 Å². The summed E-state index contributed by atoms with van der Waals surface area (Å²) in [4.78, 5) is 0.271. The molecule has 1 atom stereocenters. The van der Waals surface area contributed by atoms with E-state index in [0.29, 0.717) is 24.0 Å². The third-order valence-corrected chi connectivity index (χ3v) is 6.33. The van der Waals surface area contributed by atoms with Gasteiger partial charge in [0.2, 0.25) is 10.0 Å². The lowest BCUT2D eigenvalue weighted by Gasteiger charge is -2.33. The molecule has 7 heteroatoms. The highest BCUT2D eigenvalue weighted by Crippen LogP contribution is 2.27. The van der Waals surface area contributed by atoms with E-state index >= 15 is 0 Å². The second kappa shape index (κ2) is 7.29. The summed E-state index contributed by atoms with van der Waals surface area (Å²) in [6, 6.07) is 5.01. The van der Waals surface area contributed by atoms with Crippen LogP contribution in [0.15, 0.2) is 23.1 Å². The predicted molar refractivity (Wildman–Crippen MR) is 88.6 cm³/mol. The van der Waals surface area contributed by atoms with E-state index in [1.165, 1.54) is 10.4 Å². The molecular formula is C14H22Cl2N2O2S. The van der Waals surface area contributed by atoms with Crippen molar-refractivity contribution in [1.29, 1.82) is 0 Å². The SMILES string of the molecule is Cc1ccc(S(=O)(=O)N2CCC(C(C)N)CC2)cc1Cl.Cl. The lowest BCUT2D eigenvalue weighted by Crippen LogP contribution is -2.42. The summed E-state index contributed by atoms with van der Waals surface area (Å²) in [6.45, 7) is 4.89. The van der Waals surface area contributed by atoms with E-state index in [2.05, 4.69) is 0 Å². The van der Waals surface area contributed by atoms with Crippen molar-refractivity contribution in [2.75, 3.05) is 13.1 Å². The molecule has 1 aromatic rings. The Labute approximate surface area is 138 Å². The Kier molecular flexibility index (Phi) is 6.50. The molecule has 0 saturated carbocycles. The molecule has 0 spiro atoms. The van der Waals surface area contributed by atoms with Crippen molar-refractivity contribution < 1.29 is 8.42 Å². The minimum atomic E-state index is -3.44. The number of hydrogen-bond donors (Lipinski definition) is 1. The first-order valence-electron chi connectivity index (χ1n) is 6.84. The molecule has 21 heavy (non-hydrogen) atoms. The lowest BCUT2D eigenvalue weighted by molar-refractivity contribution is 0.250. The van der Waals surface area contributed by atoms with E-state index < -0.39 is 10.0 Å². The van der Waals surface area contributed by atoms with Gasteiger partial charge in [0.05, 0.1) is 4.90 Å². The Hall–Kier alpha value is -0.330. The number of nitrogens with two attached hydrogens (primary N) is 1. The van der Waals surface area contributed by atoms with Gasteiger partial charge < -0.3 is 5.73 Å². The largest absolute Gasteiger partial charge is 0.328 e. The van der Waals surface area contributed by atoms with Gasteiger partial charge in [0.1, 0.15) is 0 Å². The van der Waals surface area contributed by atoms with E-state index in [0.717, 1.165) is 18.4 Å². The number of benzene rings is 1. The van der Waals surface area contributed by atoms with Gasteiger partial charge in [-0.25, -0.2) is 8.42 Å². The van der Waals surface area contributed by atoms with E-state index in [4.69, 9.17) is 17.3 Å². The molecule has 0 aliphatic carbocycles. The van der Waals surface area contributed by atoms with Crippen molar-refractivity contribution in [3.05, 3.63) is 28.8 Å². The number of aryl methyl sites for hydroxylation is 1. The number of piperidine rings is 1. The molecule has 2 N–H and O–H groups in total. The van der Waals surface area contributed by atoms with Crippen LogP contribution in [0.3, 0.4) is 0 Å². The highest BCUT2D eigenvalue weighted by Gasteiger charge is 2.30.